The molecule has 2 aliphatic heterocycles. The summed E-state index contributed by atoms with van der Waals surface area (Å²) in [4.78, 5) is 28.5. The average molecular weight is 421 g/mol. The molecule has 0 spiro atoms. The standard InChI is InChI=1S/C22H28N8O/c1-3-14(2)18-13-25-21(31)17-10-15-11-26-22(28-20(15)30(17)18)27-19-5-4-16(12-24-19)29-8-6-23-7-9-29/h4-5,10-12,14,18,23H,3,6-9,13H2,1-2H3,(H,25,31)(H,24,26,27,28)/t14?,18-/m1/s1. The Bertz CT molecular complexity index is 1090. The summed E-state index contributed by atoms with van der Waals surface area (Å²) < 4.78 is 2.08. The van der Waals surface area contributed by atoms with Crippen LogP contribution in [0.3, 0.4) is 0 Å². The van der Waals surface area contributed by atoms with Gasteiger partial charge in [-0.05, 0) is 24.1 Å². The summed E-state index contributed by atoms with van der Waals surface area (Å²) >= 11 is 0. The summed E-state index contributed by atoms with van der Waals surface area (Å²) in [7, 11) is 0. The lowest BCUT2D eigenvalue weighted by Crippen LogP contribution is -2.43. The molecule has 5 rings (SSSR count). The first-order valence-corrected chi connectivity index (χ1v) is 11.0. The van der Waals surface area contributed by atoms with Gasteiger partial charge in [-0.15, -0.1) is 0 Å². The van der Waals surface area contributed by atoms with Gasteiger partial charge in [0.2, 0.25) is 5.95 Å². The Labute approximate surface area is 181 Å². The molecule has 1 amide bonds. The van der Waals surface area contributed by atoms with Crippen LogP contribution in [0.15, 0.2) is 30.6 Å². The largest absolute Gasteiger partial charge is 0.368 e. The second-order valence-corrected chi connectivity index (χ2v) is 8.30. The van der Waals surface area contributed by atoms with Gasteiger partial charge in [0.25, 0.3) is 5.91 Å². The van der Waals surface area contributed by atoms with Crippen molar-refractivity contribution in [2.75, 3.05) is 42.9 Å². The van der Waals surface area contributed by atoms with E-state index < -0.39 is 0 Å². The number of carbonyl (C=O) groups is 1. The smallest absolute Gasteiger partial charge is 0.268 e. The predicted molar refractivity (Wildman–Crippen MR) is 121 cm³/mol. The summed E-state index contributed by atoms with van der Waals surface area (Å²) in [5.74, 6) is 1.53. The van der Waals surface area contributed by atoms with Gasteiger partial charge in [0.15, 0.2) is 0 Å². The highest BCUT2D eigenvalue weighted by atomic mass is 16.2. The van der Waals surface area contributed by atoms with Crippen molar-refractivity contribution >= 4 is 34.4 Å². The van der Waals surface area contributed by atoms with Crippen molar-refractivity contribution in [3.05, 3.63) is 36.3 Å². The Morgan fingerprint density at radius 2 is 2.06 bits per heavy atom. The van der Waals surface area contributed by atoms with E-state index in [0.29, 0.717) is 29.9 Å². The van der Waals surface area contributed by atoms with Crippen molar-refractivity contribution in [3.63, 3.8) is 0 Å². The van der Waals surface area contributed by atoms with Crippen LogP contribution in [0.25, 0.3) is 11.0 Å². The molecule has 1 saturated heterocycles. The van der Waals surface area contributed by atoms with Gasteiger partial charge in [0.1, 0.15) is 17.2 Å². The van der Waals surface area contributed by atoms with Crippen LogP contribution in [0.2, 0.25) is 0 Å². The SMILES string of the molecule is CCC(C)[C@H]1CNC(=O)c2cc3cnc(Nc4ccc(N5CCNCC5)cn4)nc3n21. The monoisotopic (exact) mass is 420 g/mol. The van der Waals surface area contributed by atoms with E-state index in [4.69, 9.17) is 4.98 Å². The number of aromatic nitrogens is 4. The van der Waals surface area contributed by atoms with E-state index in [1.807, 2.05) is 18.3 Å². The number of nitrogens with zero attached hydrogens (tertiary/aromatic N) is 5. The molecule has 0 saturated carbocycles. The second kappa shape index (κ2) is 8.14. The van der Waals surface area contributed by atoms with Crippen molar-refractivity contribution in [2.45, 2.75) is 26.3 Å². The van der Waals surface area contributed by atoms with Crippen molar-refractivity contribution in [1.82, 2.24) is 30.2 Å². The van der Waals surface area contributed by atoms with E-state index in [1.54, 1.807) is 6.20 Å². The molecule has 9 nitrogen and oxygen atoms in total. The zero-order valence-electron chi connectivity index (χ0n) is 17.9. The number of nitrogens with one attached hydrogen (secondary N) is 3. The number of pyridine rings is 1. The van der Waals surface area contributed by atoms with Crippen LogP contribution in [0.5, 0.6) is 0 Å². The molecular formula is C22H28N8O. The van der Waals surface area contributed by atoms with Crippen molar-refractivity contribution < 1.29 is 4.79 Å². The molecule has 9 heteroatoms. The molecule has 0 radical (unpaired) electrons. The number of carbonyl (C=O) groups excluding carboxylic acids is 1. The maximum atomic E-state index is 12.4. The van der Waals surface area contributed by atoms with Crippen LogP contribution < -0.4 is 20.9 Å². The van der Waals surface area contributed by atoms with Gasteiger partial charge in [-0.3, -0.25) is 4.79 Å². The summed E-state index contributed by atoms with van der Waals surface area (Å²) in [6.07, 6.45) is 4.68. The summed E-state index contributed by atoms with van der Waals surface area (Å²) in [6.45, 7) is 8.95. The van der Waals surface area contributed by atoms with Gasteiger partial charge in [-0.1, -0.05) is 20.3 Å². The molecule has 1 fully saturated rings. The second-order valence-electron chi connectivity index (χ2n) is 8.30. The number of piperazine rings is 1. The molecular weight excluding hydrogens is 392 g/mol. The molecule has 3 aromatic rings. The summed E-state index contributed by atoms with van der Waals surface area (Å²) in [6, 6.07) is 6.08. The molecule has 162 valence electrons. The summed E-state index contributed by atoms with van der Waals surface area (Å²) in [5, 5.41) is 10.5. The highest BCUT2D eigenvalue weighted by Crippen LogP contribution is 2.31. The number of fused-ring (bicyclic) bond motifs is 3. The first-order chi connectivity index (χ1) is 15.1. The third-order valence-electron chi connectivity index (χ3n) is 6.38. The van der Waals surface area contributed by atoms with E-state index >= 15 is 0 Å². The lowest BCUT2D eigenvalue weighted by atomic mass is 9.97. The van der Waals surface area contributed by atoms with Crippen molar-refractivity contribution in [3.8, 4) is 0 Å². The zero-order valence-corrected chi connectivity index (χ0v) is 17.9. The first-order valence-electron chi connectivity index (χ1n) is 11.0. The van der Waals surface area contributed by atoms with Gasteiger partial charge in [-0.2, -0.15) is 4.98 Å². The average Bonchev–Trinajstić information content (AvgIpc) is 3.20. The predicted octanol–water partition coefficient (Wildman–Crippen LogP) is 2.31. The van der Waals surface area contributed by atoms with Crippen LogP contribution in [0, 0.1) is 5.92 Å². The molecule has 0 aliphatic carbocycles. The third kappa shape index (κ3) is 3.69. The van der Waals surface area contributed by atoms with Gasteiger partial charge in [-0.25, -0.2) is 9.97 Å². The zero-order chi connectivity index (χ0) is 21.4. The van der Waals surface area contributed by atoms with E-state index in [0.717, 1.165) is 49.3 Å². The number of rotatable bonds is 5. The molecule has 0 aromatic carbocycles. The topological polar surface area (TPSA) is 100 Å². The Morgan fingerprint density at radius 3 is 2.81 bits per heavy atom. The molecule has 2 atom stereocenters. The van der Waals surface area contributed by atoms with E-state index in [-0.39, 0.29) is 11.9 Å². The fourth-order valence-electron chi connectivity index (χ4n) is 4.37. The van der Waals surface area contributed by atoms with Crippen LogP contribution in [-0.2, 0) is 0 Å². The minimum atomic E-state index is -0.0581. The Hall–Kier alpha value is -3.20. The molecule has 2 aliphatic rings. The molecule has 3 N–H and O–H groups in total. The lowest BCUT2D eigenvalue weighted by molar-refractivity contribution is 0.0904. The van der Waals surface area contributed by atoms with E-state index in [2.05, 4.69) is 55.3 Å². The normalized spacial score (nSPS) is 19.7. The van der Waals surface area contributed by atoms with E-state index in [9.17, 15) is 4.79 Å². The van der Waals surface area contributed by atoms with Crippen LogP contribution in [0.4, 0.5) is 17.5 Å². The fourth-order valence-corrected chi connectivity index (χ4v) is 4.37. The van der Waals surface area contributed by atoms with Crippen LogP contribution in [-0.4, -0.2) is 58.1 Å². The van der Waals surface area contributed by atoms with Crippen molar-refractivity contribution in [2.24, 2.45) is 5.92 Å². The maximum Gasteiger partial charge on any atom is 0.268 e. The highest BCUT2D eigenvalue weighted by molar-refractivity contribution is 5.98. The highest BCUT2D eigenvalue weighted by Gasteiger charge is 2.30. The first kappa shape index (κ1) is 19.7. The van der Waals surface area contributed by atoms with E-state index in [1.165, 1.54) is 0 Å². The fraction of sp³-hybridized carbons (Fsp3) is 0.455. The maximum absolute atomic E-state index is 12.4. The van der Waals surface area contributed by atoms with Crippen LogP contribution >= 0.6 is 0 Å². The summed E-state index contributed by atoms with van der Waals surface area (Å²) in [5.41, 5.74) is 2.55. The molecule has 3 aromatic heterocycles. The number of hydrogen-bond donors (Lipinski definition) is 3. The minimum absolute atomic E-state index is 0.0581. The number of amides is 1. The quantitative estimate of drug-likeness (QED) is 0.582. The van der Waals surface area contributed by atoms with Gasteiger partial charge in [0, 0.05) is 44.3 Å². The van der Waals surface area contributed by atoms with Gasteiger partial charge < -0.3 is 25.4 Å². The molecule has 1 unspecified atom stereocenters. The van der Waals surface area contributed by atoms with Crippen molar-refractivity contribution in [1.29, 1.82) is 0 Å². The lowest BCUT2D eigenvalue weighted by Gasteiger charge is -2.31. The number of anilines is 3. The van der Waals surface area contributed by atoms with Gasteiger partial charge >= 0.3 is 0 Å². The van der Waals surface area contributed by atoms with Gasteiger partial charge in [0.05, 0.1) is 17.9 Å². The third-order valence-corrected chi connectivity index (χ3v) is 6.38. The minimum Gasteiger partial charge on any atom is -0.368 e. The van der Waals surface area contributed by atoms with Crippen LogP contribution in [0.1, 0.15) is 36.8 Å². The molecule has 31 heavy (non-hydrogen) atoms. The molecule has 0 bridgehead atoms. The molecule has 5 heterocycles. The Morgan fingerprint density at radius 1 is 1.23 bits per heavy atom. The Balaban J connectivity index is 1.43. The Kier molecular flexibility index (Phi) is 5.19. The number of hydrogen-bond acceptors (Lipinski definition) is 7.